The van der Waals surface area contributed by atoms with Crippen molar-refractivity contribution in [3.63, 3.8) is 0 Å². The Kier molecular flexibility index (Phi) is 5.92. The number of anilines is 3. The summed E-state index contributed by atoms with van der Waals surface area (Å²) in [6, 6.07) is 9.64. The van der Waals surface area contributed by atoms with Gasteiger partial charge in [0.25, 0.3) is 0 Å². The van der Waals surface area contributed by atoms with Crippen molar-refractivity contribution in [3.8, 4) is 0 Å². The molecule has 0 bridgehead atoms. The van der Waals surface area contributed by atoms with Gasteiger partial charge in [0.15, 0.2) is 11.6 Å². The first-order chi connectivity index (χ1) is 12.7. The zero-order chi connectivity index (χ0) is 18.4. The molecule has 0 saturated heterocycles. The van der Waals surface area contributed by atoms with Crippen LogP contribution in [0.4, 0.5) is 17.3 Å². The minimum Gasteiger partial charge on any atom is -0.385 e. The molecule has 9 heteroatoms. The zero-order valence-electron chi connectivity index (χ0n) is 14.9. The minimum atomic E-state index is -0.498. The Bertz CT molecular complexity index is 820. The largest absolute Gasteiger partial charge is 0.385 e. The number of aliphatic hydroxyl groups is 1. The first-order valence-electron chi connectivity index (χ1n) is 8.77. The molecule has 0 amide bonds. The van der Waals surface area contributed by atoms with Crippen molar-refractivity contribution in [2.75, 3.05) is 36.8 Å². The van der Waals surface area contributed by atoms with Crippen molar-refractivity contribution >= 4 is 28.6 Å². The molecule has 1 atom stereocenters. The molecule has 4 N–H and O–H groups in total. The summed E-state index contributed by atoms with van der Waals surface area (Å²) < 4.78 is 4.70. The average molecular weight is 358 g/mol. The van der Waals surface area contributed by atoms with Gasteiger partial charge in [-0.05, 0) is 36.3 Å². The van der Waals surface area contributed by atoms with E-state index in [-0.39, 0.29) is 0 Å². The van der Waals surface area contributed by atoms with Gasteiger partial charge in [-0.25, -0.2) is 14.6 Å². The van der Waals surface area contributed by atoms with E-state index in [1.165, 1.54) is 4.90 Å². The van der Waals surface area contributed by atoms with Crippen LogP contribution in [0.2, 0.25) is 0 Å². The molecule has 0 unspecified atom stereocenters. The number of para-hydroxylation sites is 1. The van der Waals surface area contributed by atoms with Crippen molar-refractivity contribution in [2.45, 2.75) is 20.0 Å². The Hall–Kier alpha value is -2.78. The molecular formula is C17H24N7O2+. The molecule has 2 aromatic heterocycles. The number of quaternary nitrogens is 1. The first-order valence-corrected chi connectivity index (χ1v) is 8.77. The first kappa shape index (κ1) is 18.0. The molecule has 0 aliphatic rings. The minimum absolute atomic E-state index is 0.315. The summed E-state index contributed by atoms with van der Waals surface area (Å²) in [7, 11) is 0. The van der Waals surface area contributed by atoms with Gasteiger partial charge in [0.05, 0.1) is 13.1 Å². The van der Waals surface area contributed by atoms with Crippen LogP contribution in [0.25, 0.3) is 11.3 Å². The second-order valence-electron chi connectivity index (χ2n) is 6.02. The number of fused-ring (bicyclic) bond motifs is 1. The van der Waals surface area contributed by atoms with Crippen molar-refractivity contribution in [1.82, 2.24) is 20.3 Å². The van der Waals surface area contributed by atoms with Gasteiger partial charge in [0.1, 0.15) is 12.6 Å². The van der Waals surface area contributed by atoms with Crippen LogP contribution in [0.5, 0.6) is 0 Å². The Morgan fingerprint density at radius 3 is 2.35 bits per heavy atom. The van der Waals surface area contributed by atoms with E-state index in [1.807, 2.05) is 30.3 Å². The number of nitrogens with zero attached hydrogens (tertiary/aromatic N) is 4. The number of aromatic nitrogens is 4. The van der Waals surface area contributed by atoms with Gasteiger partial charge in [0.2, 0.25) is 11.3 Å². The van der Waals surface area contributed by atoms with Gasteiger partial charge < -0.3 is 20.6 Å². The van der Waals surface area contributed by atoms with E-state index in [0.29, 0.717) is 36.0 Å². The molecular weight excluding hydrogens is 334 g/mol. The predicted octanol–water partition coefficient (Wildman–Crippen LogP) is 0.454. The van der Waals surface area contributed by atoms with Crippen LogP contribution >= 0.6 is 0 Å². The molecule has 9 nitrogen and oxygen atoms in total. The van der Waals surface area contributed by atoms with Crippen LogP contribution in [-0.4, -0.2) is 57.7 Å². The zero-order valence-corrected chi connectivity index (χ0v) is 14.9. The second-order valence-corrected chi connectivity index (χ2v) is 6.02. The summed E-state index contributed by atoms with van der Waals surface area (Å²) >= 11 is 0. The number of hydrogen-bond donors (Lipinski definition) is 4. The van der Waals surface area contributed by atoms with E-state index in [1.54, 1.807) is 0 Å². The fraction of sp³-hybridized carbons (Fsp3) is 0.412. The number of likely N-dealkylation sites (N-methyl/N-ethyl adjacent to an activating group) is 1. The topological polar surface area (TPSA) is 113 Å². The van der Waals surface area contributed by atoms with Gasteiger partial charge >= 0.3 is 0 Å². The normalized spacial score (nSPS) is 12.5. The molecule has 26 heavy (non-hydrogen) atoms. The molecule has 0 aliphatic heterocycles. The third-order valence-corrected chi connectivity index (χ3v) is 4.18. The van der Waals surface area contributed by atoms with Gasteiger partial charge in [-0.3, -0.25) is 0 Å². The maximum atomic E-state index is 10.3. The SMILES string of the molecule is CC[NH+](CC)C[C@@H](O)CNc1nc2nonc2nc1Nc1ccccc1. The van der Waals surface area contributed by atoms with Gasteiger partial charge in [-0.1, -0.05) is 18.2 Å². The monoisotopic (exact) mass is 358 g/mol. The van der Waals surface area contributed by atoms with Gasteiger partial charge in [-0.2, -0.15) is 0 Å². The molecule has 0 fully saturated rings. The van der Waals surface area contributed by atoms with Crippen molar-refractivity contribution in [3.05, 3.63) is 30.3 Å². The lowest BCUT2D eigenvalue weighted by molar-refractivity contribution is -0.899. The molecule has 0 radical (unpaired) electrons. The van der Waals surface area contributed by atoms with Gasteiger partial charge in [-0.15, -0.1) is 0 Å². The van der Waals surface area contributed by atoms with Crippen LogP contribution in [0.15, 0.2) is 35.0 Å². The van der Waals surface area contributed by atoms with E-state index in [9.17, 15) is 5.11 Å². The van der Waals surface area contributed by atoms with Crippen LogP contribution in [0.3, 0.4) is 0 Å². The van der Waals surface area contributed by atoms with E-state index in [2.05, 4.69) is 44.8 Å². The van der Waals surface area contributed by atoms with Crippen molar-refractivity contribution in [2.24, 2.45) is 0 Å². The smallest absolute Gasteiger partial charge is 0.245 e. The van der Waals surface area contributed by atoms with Crippen LogP contribution in [-0.2, 0) is 0 Å². The summed E-state index contributed by atoms with van der Waals surface area (Å²) in [4.78, 5) is 10.1. The van der Waals surface area contributed by atoms with Crippen molar-refractivity contribution in [1.29, 1.82) is 0 Å². The predicted molar refractivity (Wildman–Crippen MR) is 98.5 cm³/mol. The van der Waals surface area contributed by atoms with Crippen LogP contribution in [0.1, 0.15) is 13.8 Å². The molecule has 0 saturated carbocycles. The number of nitrogens with one attached hydrogen (secondary N) is 3. The van der Waals surface area contributed by atoms with Crippen LogP contribution in [0, 0.1) is 0 Å². The van der Waals surface area contributed by atoms with Crippen molar-refractivity contribution < 1.29 is 14.6 Å². The van der Waals surface area contributed by atoms with Crippen LogP contribution < -0.4 is 15.5 Å². The lowest BCUT2D eigenvalue weighted by Crippen LogP contribution is -3.12. The molecule has 2 heterocycles. The quantitative estimate of drug-likeness (QED) is 0.436. The van der Waals surface area contributed by atoms with Gasteiger partial charge in [0, 0.05) is 12.2 Å². The number of rotatable bonds is 9. The third kappa shape index (κ3) is 4.44. The highest BCUT2D eigenvalue weighted by atomic mass is 16.6. The molecule has 138 valence electrons. The standard InChI is InChI=1S/C17H23N7O2/c1-3-24(4-2)11-13(25)10-18-14-15(19-12-8-6-5-7-9-12)21-17-16(20-14)22-26-23-17/h5-9,13,25H,3-4,10-11H2,1-2H3,(H,18,20,22)(H,19,21,23)/p+1/t13-/m0/s1. The highest BCUT2D eigenvalue weighted by molar-refractivity contribution is 5.76. The Balaban J connectivity index is 1.76. The van der Waals surface area contributed by atoms with E-state index in [0.717, 1.165) is 18.8 Å². The maximum Gasteiger partial charge on any atom is 0.245 e. The Labute approximate surface area is 151 Å². The lowest BCUT2D eigenvalue weighted by atomic mass is 10.3. The fourth-order valence-electron chi connectivity index (χ4n) is 2.67. The summed E-state index contributed by atoms with van der Waals surface area (Å²) in [5.74, 6) is 0.993. The highest BCUT2D eigenvalue weighted by Gasteiger charge is 2.16. The molecule has 0 aliphatic carbocycles. The van der Waals surface area contributed by atoms with E-state index < -0.39 is 6.10 Å². The van der Waals surface area contributed by atoms with E-state index >= 15 is 0 Å². The maximum absolute atomic E-state index is 10.3. The molecule has 3 rings (SSSR count). The third-order valence-electron chi connectivity index (χ3n) is 4.18. The summed E-state index contributed by atoms with van der Waals surface area (Å²) in [5, 5.41) is 24.1. The number of hydrogen-bond acceptors (Lipinski definition) is 8. The van der Waals surface area contributed by atoms with E-state index in [4.69, 9.17) is 4.63 Å². The number of aliphatic hydroxyl groups excluding tert-OH is 1. The fourth-order valence-corrected chi connectivity index (χ4v) is 2.67. The molecule has 3 aromatic rings. The number of benzene rings is 1. The second kappa shape index (κ2) is 8.54. The summed E-state index contributed by atoms with van der Waals surface area (Å²) in [5.41, 5.74) is 1.51. The molecule has 1 aromatic carbocycles. The highest BCUT2D eigenvalue weighted by Crippen LogP contribution is 2.23. The molecule has 0 spiro atoms. The average Bonchev–Trinajstić information content (AvgIpc) is 3.12. The summed E-state index contributed by atoms with van der Waals surface area (Å²) in [6.45, 7) is 7.20. The Morgan fingerprint density at radius 2 is 1.69 bits per heavy atom. The Morgan fingerprint density at radius 1 is 1.04 bits per heavy atom. The lowest BCUT2D eigenvalue weighted by Gasteiger charge is -2.20. The summed E-state index contributed by atoms with van der Waals surface area (Å²) in [6.07, 6.45) is -0.498.